The molecular weight excluding hydrogens is 823 g/mol. The third-order valence-electron chi connectivity index (χ3n) is 13.9. The minimum atomic E-state index is -1.11. The average Bonchev–Trinajstić information content (AvgIpc) is 3.33. The summed E-state index contributed by atoms with van der Waals surface area (Å²) in [7, 11) is 0. The SMILES string of the molecule is CCCCCCCCCCCCC/C=C\C/C=C\CCCCCCCCCCCCCCCCCCC(O)C(=O)NC(CO)C(O)/C=C/CC/C=C/CCCCCCCCCCCCCCC. The Morgan fingerprint density at radius 3 is 1.00 bits per heavy atom. The first kappa shape index (κ1) is 65.3. The van der Waals surface area contributed by atoms with Gasteiger partial charge in [-0.2, -0.15) is 0 Å². The van der Waals surface area contributed by atoms with Crippen molar-refractivity contribution in [2.24, 2.45) is 0 Å². The normalized spacial score (nSPS) is 13.6. The summed E-state index contributed by atoms with van der Waals surface area (Å²) in [5.74, 6) is -0.510. The number of carbonyl (C=O) groups excluding carboxylic acids is 1. The topological polar surface area (TPSA) is 89.8 Å². The van der Waals surface area contributed by atoms with E-state index in [2.05, 4.69) is 55.6 Å². The van der Waals surface area contributed by atoms with Crippen molar-refractivity contribution in [3.05, 3.63) is 48.6 Å². The minimum absolute atomic E-state index is 0.375. The summed E-state index contributed by atoms with van der Waals surface area (Å²) in [6.45, 7) is 4.20. The summed E-state index contributed by atoms with van der Waals surface area (Å²) in [5.41, 5.74) is 0. The quantitative estimate of drug-likeness (QED) is 0.0361. The van der Waals surface area contributed by atoms with Crippen LogP contribution in [0.25, 0.3) is 0 Å². The van der Waals surface area contributed by atoms with E-state index in [0.29, 0.717) is 6.42 Å². The lowest BCUT2D eigenvalue weighted by atomic mass is 10.0. The predicted octanol–water partition coefficient (Wildman–Crippen LogP) is 18.8. The van der Waals surface area contributed by atoms with Gasteiger partial charge in [0.15, 0.2) is 0 Å². The van der Waals surface area contributed by atoms with Gasteiger partial charge in [0.05, 0.1) is 18.8 Å². The van der Waals surface area contributed by atoms with Gasteiger partial charge < -0.3 is 20.6 Å². The molecule has 0 aromatic rings. The molecule has 0 heterocycles. The van der Waals surface area contributed by atoms with Crippen LogP contribution in [0.2, 0.25) is 0 Å². The first-order valence-corrected chi connectivity index (χ1v) is 30.0. The van der Waals surface area contributed by atoms with Gasteiger partial charge in [-0.3, -0.25) is 4.79 Å². The highest BCUT2D eigenvalue weighted by atomic mass is 16.3. The molecule has 0 fully saturated rings. The number of aliphatic hydroxyl groups excluding tert-OH is 3. The maximum absolute atomic E-state index is 12.6. The van der Waals surface area contributed by atoms with Crippen LogP contribution in [0.4, 0.5) is 0 Å². The van der Waals surface area contributed by atoms with Crippen molar-refractivity contribution >= 4 is 5.91 Å². The number of carbonyl (C=O) groups is 1. The number of nitrogens with one attached hydrogen (secondary N) is 1. The van der Waals surface area contributed by atoms with Crippen molar-refractivity contribution in [1.29, 1.82) is 0 Å². The van der Waals surface area contributed by atoms with Crippen molar-refractivity contribution in [3.63, 3.8) is 0 Å². The Labute approximate surface area is 418 Å². The van der Waals surface area contributed by atoms with Crippen LogP contribution in [0.15, 0.2) is 48.6 Å². The molecule has 0 aliphatic carbocycles. The lowest BCUT2D eigenvalue weighted by Crippen LogP contribution is -2.48. The van der Waals surface area contributed by atoms with Crippen LogP contribution in [0, 0.1) is 0 Å². The summed E-state index contributed by atoms with van der Waals surface area (Å²) in [6, 6.07) is -0.816. The molecule has 0 aliphatic heterocycles. The number of amides is 1. The van der Waals surface area contributed by atoms with Gasteiger partial charge in [-0.15, -0.1) is 0 Å². The molecule has 1 amide bonds. The molecule has 4 N–H and O–H groups in total. The Hall–Kier alpha value is -1.69. The van der Waals surface area contributed by atoms with Crippen molar-refractivity contribution in [3.8, 4) is 0 Å². The van der Waals surface area contributed by atoms with Gasteiger partial charge in [-0.05, 0) is 64.2 Å². The van der Waals surface area contributed by atoms with Crippen molar-refractivity contribution in [1.82, 2.24) is 5.32 Å². The average molecular weight is 941 g/mol. The fourth-order valence-electron chi connectivity index (χ4n) is 9.23. The Morgan fingerprint density at radius 1 is 0.373 bits per heavy atom. The van der Waals surface area contributed by atoms with Gasteiger partial charge in [-0.25, -0.2) is 0 Å². The van der Waals surface area contributed by atoms with E-state index >= 15 is 0 Å². The van der Waals surface area contributed by atoms with Gasteiger partial charge in [0.1, 0.15) is 6.10 Å². The number of hydrogen-bond donors (Lipinski definition) is 4. The van der Waals surface area contributed by atoms with Crippen LogP contribution >= 0.6 is 0 Å². The van der Waals surface area contributed by atoms with E-state index < -0.39 is 24.2 Å². The van der Waals surface area contributed by atoms with Crippen LogP contribution in [-0.4, -0.2) is 46.1 Å². The van der Waals surface area contributed by atoms with E-state index in [-0.39, 0.29) is 6.61 Å². The van der Waals surface area contributed by atoms with Crippen molar-refractivity contribution in [2.75, 3.05) is 6.61 Å². The molecule has 394 valence electrons. The largest absolute Gasteiger partial charge is 0.394 e. The molecule has 3 atom stereocenters. The summed E-state index contributed by atoms with van der Waals surface area (Å²) < 4.78 is 0. The van der Waals surface area contributed by atoms with E-state index in [1.165, 1.54) is 250 Å². The standard InChI is InChI=1S/C62H117NO4/c1-3-5-7-9-11-13-15-17-19-21-23-24-25-26-27-28-29-30-31-32-33-34-35-36-37-39-41-43-45-47-49-51-53-55-57-61(66)62(67)63-59(58-64)60(65)56-54-52-50-48-46-44-42-40-38-22-20-18-16-14-12-10-8-6-4-2/h25-26,28-29,46,48,54,56,59-61,64-66H,3-24,27,30-45,47,49-53,55,57-58H2,1-2H3,(H,63,67)/b26-25-,29-28-,48-46+,56-54+. The van der Waals surface area contributed by atoms with Gasteiger partial charge in [0.2, 0.25) is 5.91 Å². The molecule has 0 aliphatic rings. The molecule has 0 rings (SSSR count). The van der Waals surface area contributed by atoms with E-state index in [1.807, 2.05) is 6.08 Å². The molecule has 5 nitrogen and oxygen atoms in total. The first-order chi connectivity index (χ1) is 33.1. The van der Waals surface area contributed by atoms with Gasteiger partial charge >= 0.3 is 0 Å². The van der Waals surface area contributed by atoms with Gasteiger partial charge in [0, 0.05) is 0 Å². The maximum Gasteiger partial charge on any atom is 0.249 e. The second-order valence-electron chi connectivity index (χ2n) is 20.5. The Balaban J connectivity index is 3.55. The second kappa shape index (κ2) is 56.9. The summed E-state index contributed by atoms with van der Waals surface area (Å²) in [6.07, 6.45) is 76.4. The summed E-state index contributed by atoms with van der Waals surface area (Å²) in [4.78, 5) is 12.6. The smallest absolute Gasteiger partial charge is 0.249 e. The van der Waals surface area contributed by atoms with E-state index in [9.17, 15) is 20.1 Å². The molecule has 3 unspecified atom stereocenters. The highest BCUT2D eigenvalue weighted by molar-refractivity contribution is 5.80. The maximum atomic E-state index is 12.6. The molecule has 67 heavy (non-hydrogen) atoms. The molecule has 0 spiro atoms. The molecule has 0 aromatic heterocycles. The molecule has 0 bridgehead atoms. The van der Waals surface area contributed by atoms with E-state index in [4.69, 9.17) is 0 Å². The number of hydrogen-bond acceptors (Lipinski definition) is 4. The molecule has 0 radical (unpaired) electrons. The van der Waals surface area contributed by atoms with Crippen LogP contribution in [0.5, 0.6) is 0 Å². The minimum Gasteiger partial charge on any atom is -0.394 e. The molecule has 5 heteroatoms. The van der Waals surface area contributed by atoms with Crippen molar-refractivity contribution < 1.29 is 20.1 Å². The Morgan fingerprint density at radius 2 is 0.657 bits per heavy atom. The van der Waals surface area contributed by atoms with Gasteiger partial charge in [0.25, 0.3) is 0 Å². The Kier molecular flexibility index (Phi) is 55.5. The lowest BCUT2D eigenvalue weighted by Gasteiger charge is -2.21. The highest BCUT2D eigenvalue weighted by Gasteiger charge is 2.22. The van der Waals surface area contributed by atoms with E-state index in [0.717, 1.165) is 44.9 Å². The Bertz CT molecular complexity index is 1080. The number of aliphatic hydroxyl groups is 3. The summed E-state index contributed by atoms with van der Waals surface area (Å²) >= 11 is 0. The zero-order chi connectivity index (χ0) is 48.6. The van der Waals surface area contributed by atoms with E-state index in [1.54, 1.807) is 6.08 Å². The number of rotatable bonds is 55. The number of unbranched alkanes of at least 4 members (excludes halogenated alkanes) is 41. The van der Waals surface area contributed by atoms with Crippen LogP contribution in [0.1, 0.15) is 316 Å². The van der Waals surface area contributed by atoms with Gasteiger partial charge in [-0.1, -0.05) is 300 Å². The zero-order valence-corrected chi connectivity index (χ0v) is 45.0. The van der Waals surface area contributed by atoms with Crippen LogP contribution in [0.3, 0.4) is 0 Å². The third kappa shape index (κ3) is 52.0. The van der Waals surface area contributed by atoms with Crippen molar-refractivity contribution in [2.45, 2.75) is 334 Å². The molecular formula is C62H117NO4. The number of allylic oxidation sites excluding steroid dienone is 7. The fourth-order valence-corrected chi connectivity index (χ4v) is 9.23. The molecule has 0 aromatic carbocycles. The lowest BCUT2D eigenvalue weighted by molar-refractivity contribution is -0.131. The van der Waals surface area contributed by atoms with Crippen LogP contribution in [-0.2, 0) is 4.79 Å². The van der Waals surface area contributed by atoms with Crippen LogP contribution < -0.4 is 5.32 Å². The molecule has 0 saturated heterocycles. The second-order valence-corrected chi connectivity index (χ2v) is 20.5. The molecule has 0 saturated carbocycles. The third-order valence-corrected chi connectivity index (χ3v) is 13.9. The monoisotopic (exact) mass is 940 g/mol. The highest BCUT2D eigenvalue weighted by Crippen LogP contribution is 2.17. The first-order valence-electron chi connectivity index (χ1n) is 30.0. The predicted molar refractivity (Wildman–Crippen MR) is 296 cm³/mol. The zero-order valence-electron chi connectivity index (χ0n) is 45.0. The summed E-state index contributed by atoms with van der Waals surface area (Å²) in [5, 5.41) is 33.4. The fraction of sp³-hybridized carbons (Fsp3) is 0.855.